The molecular formula is C29H39BrN6O3. The maximum absolute atomic E-state index is 13.4. The van der Waals surface area contributed by atoms with Gasteiger partial charge < -0.3 is 9.74 Å². The van der Waals surface area contributed by atoms with Gasteiger partial charge in [-0.15, -0.1) is 0 Å². The molecule has 210 valence electrons. The number of rotatable bonds is 7. The molecule has 0 atom stereocenters. The molecule has 0 saturated carbocycles. The summed E-state index contributed by atoms with van der Waals surface area (Å²) >= 11 is 3.52. The smallest absolute Gasteiger partial charge is 0.257 e. The van der Waals surface area contributed by atoms with E-state index in [1.54, 1.807) is 13.8 Å². The van der Waals surface area contributed by atoms with Crippen molar-refractivity contribution in [3.63, 3.8) is 0 Å². The third-order valence-electron chi connectivity index (χ3n) is 7.98. The van der Waals surface area contributed by atoms with Gasteiger partial charge in [0.2, 0.25) is 11.9 Å². The quantitative estimate of drug-likeness (QED) is 0.357. The van der Waals surface area contributed by atoms with E-state index in [1.165, 1.54) is 6.92 Å². The van der Waals surface area contributed by atoms with Gasteiger partial charge in [0.1, 0.15) is 6.61 Å². The third-order valence-corrected chi connectivity index (χ3v) is 8.51. The summed E-state index contributed by atoms with van der Waals surface area (Å²) in [6.45, 7) is 13.2. The Balaban J connectivity index is 1.37. The number of halogens is 1. The van der Waals surface area contributed by atoms with E-state index < -0.39 is 0 Å². The van der Waals surface area contributed by atoms with Crippen LogP contribution in [0.25, 0.3) is 0 Å². The van der Waals surface area contributed by atoms with E-state index in [9.17, 15) is 9.59 Å². The van der Waals surface area contributed by atoms with Gasteiger partial charge in [0, 0.05) is 35.9 Å². The molecule has 2 saturated heterocycles. The van der Waals surface area contributed by atoms with Crippen molar-refractivity contribution in [2.75, 3.05) is 38.1 Å². The lowest BCUT2D eigenvalue weighted by molar-refractivity contribution is -0.114. The van der Waals surface area contributed by atoms with Crippen LogP contribution in [0.2, 0.25) is 0 Å². The maximum Gasteiger partial charge on any atom is 0.257 e. The number of benzene rings is 1. The number of hydrogen-bond acceptors (Lipinski definition) is 7. The standard InChI is InChI=1S/C29H39BrN6O3/c1-6-39-34-26(22-7-9-24(30)10-8-22)23-11-15-36(16-12-23)29(5)13-17-35(18-14-29)27(38)25-19(2)31-28(32-20(25)3)33-21(4)37/h7-10,23H,6,11-18H2,1-5H3,(H,31,32,33,37)/b34-26+. The summed E-state index contributed by atoms with van der Waals surface area (Å²) in [4.78, 5) is 43.5. The van der Waals surface area contributed by atoms with Gasteiger partial charge in [0.15, 0.2) is 0 Å². The first kappa shape index (κ1) is 29.1. The monoisotopic (exact) mass is 598 g/mol. The molecular weight excluding hydrogens is 560 g/mol. The highest BCUT2D eigenvalue weighted by molar-refractivity contribution is 9.10. The van der Waals surface area contributed by atoms with Crippen LogP contribution < -0.4 is 5.32 Å². The summed E-state index contributed by atoms with van der Waals surface area (Å²) in [6.07, 6.45) is 3.88. The molecule has 10 heteroatoms. The molecule has 0 aliphatic carbocycles. The topological polar surface area (TPSA) is 100 Å². The van der Waals surface area contributed by atoms with Crippen LogP contribution in [0, 0.1) is 19.8 Å². The predicted octanol–water partition coefficient (Wildman–Crippen LogP) is 4.96. The second-order valence-corrected chi connectivity index (χ2v) is 11.6. The summed E-state index contributed by atoms with van der Waals surface area (Å²) in [5.74, 6) is 0.314. The second-order valence-electron chi connectivity index (χ2n) is 10.7. The number of piperidine rings is 2. The highest BCUT2D eigenvalue weighted by Gasteiger charge is 2.39. The molecule has 2 aromatic rings. The summed E-state index contributed by atoms with van der Waals surface area (Å²) in [6, 6.07) is 8.30. The maximum atomic E-state index is 13.4. The van der Waals surface area contributed by atoms with Gasteiger partial charge in [-0.05, 0) is 84.2 Å². The molecule has 3 heterocycles. The zero-order chi connectivity index (χ0) is 28.2. The third kappa shape index (κ3) is 6.84. The van der Waals surface area contributed by atoms with Crippen LogP contribution in [0.15, 0.2) is 33.9 Å². The number of anilines is 1. The highest BCUT2D eigenvalue weighted by atomic mass is 79.9. The molecule has 0 spiro atoms. The predicted molar refractivity (Wildman–Crippen MR) is 156 cm³/mol. The number of hydrogen-bond donors (Lipinski definition) is 1. The van der Waals surface area contributed by atoms with Gasteiger partial charge in [-0.2, -0.15) is 0 Å². The van der Waals surface area contributed by atoms with Gasteiger partial charge in [0.25, 0.3) is 5.91 Å². The number of aromatic nitrogens is 2. The van der Waals surface area contributed by atoms with Crippen molar-refractivity contribution < 1.29 is 14.4 Å². The van der Waals surface area contributed by atoms with Crippen molar-refractivity contribution in [2.45, 2.75) is 65.8 Å². The lowest BCUT2D eigenvalue weighted by atomic mass is 9.82. The van der Waals surface area contributed by atoms with Crippen molar-refractivity contribution >= 4 is 39.4 Å². The molecule has 2 amide bonds. The molecule has 2 aliphatic rings. The van der Waals surface area contributed by atoms with E-state index in [0.29, 0.717) is 42.6 Å². The van der Waals surface area contributed by atoms with Crippen molar-refractivity contribution in [1.29, 1.82) is 0 Å². The van der Waals surface area contributed by atoms with Crippen LogP contribution >= 0.6 is 15.9 Å². The Bertz CT molecular complexity index is 1190. The Morgan fingerprint density at radius 2 is 1.67 bits per heavy atom. The number of nitrogens with one attached hydrogen (secondary N) is 1. The van der Waals surface area contributed by atoms with E-state index in [1.807, 2.05) is 11.8 Å². The SMILES string of the molecule is CCO/N=C(\c1ccc(Br)cc1)C1CCN(C2(C)CCN(C(=O)c3c(C)nc(NC(C)=O)nc3C)CC2)CC1. The van der Waals surface area contributed by atoms with Crippen molar-refractivity contribution in [3.05, 3.63) is 51.3 Å². The minimum absolute atomic E-state index is 0.0357. The summed E-state index contributed by atoms with van der Waals surface area (Å²) in [7, 11) is 0. The van der Waals surface area contributed by atoms with Gasteiger partial charge >= 0.3 is 0 Å². The molecule has 1 N–H and O–H groups in total. The number of amides is 2. The van der Waals surface area contributed by atoms with Crippen molar-refractivity contribution in [3.8, 4) is 0 Å². The van der Waals surface area contributed by atoms with Gasteiger partial charge in [-0.3, -0.25) is 19.8 Å². The number of likely N-dealkylation sites (tertiary alicyclic amines) is 2. The fourth-order valence-electron chi connectivity index (χ4n) is 5.72. The van der Waals surface area contributed by atoms with E-state index in [0.717, 1.165) is 54.5 Å². The number of aryl methyl sites for hydroxylation is 2. The van der Waals surface area contributed by atoms with Crippen LogP contribution in [-0.2, 0) is 9.63 Å². The first-order chi connectivity index (χ1) is 18.6. The molecule has 1 aromatic carbocycles. The van der Waals surface area contributed by atoms with Crippen LogP contribution in [0.1, 0.15) is 73.8 Å². The van der Waals surface area contributed by atoms with Crippen LogP contribution in [0.4, 0.5) is 5.95 Å². The fourth-order valence-corrected chi connectivity index (χ4v) is 5.98. The van der Waals surface area contributed by atoms with Crippen molar-refractivity contribution in [2.24, 2.45) is 11.1 Å². The largest absolute Gasteiger partial charge is 0.396 e. The minimum Gasteiger partial charge on any atom is -0.396 e. The Labute approximate surface area is 239 Å². The van der Waals surface area contributed by atoms with Crippen LogP contribution in [-0.4, -0.2) is 75.6 Å². The molecule has 39 heavy (non-hydrogen) atoms. The number of carbonyl (C=O) groups excluding carboxylic acids is 2. The Morgan fingerprint density at radius 1 is 1.08 bits per heavy atom. The summed E-state index contributed by atoms with van der Waals surface area (Å²) in [5.41, 5.74) is 3.90. The molecule has 0 radical (unpaired) electrons. The van der Waals surface area contributed by atoms with Crippen LogP contribution in [0.5, 0.6) is 0 Å². The van der Waals surface area contributed by atoms with E-state index in [-0.39, 0.29) is 23.3 Å². The first-order valence-electron chi connectivity index (χ1n) is 13.7. The summed E-state index contributed by atoms with van der Waals surface area (Å²) < 4.78 is 1.05. The molecule has 0 unspecified atom stereocenters. The minimum atomic E-state index is -0.238. The Hall–Kier alpha value is -2.85. The first-order valence-corrected chi connectivity index (χ1v) is 14.5. The summed E-state index contributed by atoms with van der Waals surface area (Å²) in [5, 5.41) is 7.12. The number of nitrogens with zero attached hydrogens (tertiary/aromatic N) is 5. The number of carbonyl (C=O) groups is 2. The fraction of sp³-hybridized carbons (Fsp3) is 0.552. The molecule has 0 bridgehead atoms. The molecule has 4 rings (SSSR count). The zero-order valence-corrected chi connectivity index (χ0v) is 25.2. The van der Waals surface area contributed by atoms with Gasteiger partial charge in [0.05, 0.1) is 22.7 Å². The normalized spacial score (nSPS) is 18.6. The molecule has 2 aliphatic heterocycles. The Kier molecular flexibility index (Phi) is 9.38. The average molecular weight is 600 g/mol. The van der Waals surface area contributed by atoms with E-state index in [2.05, 4.69) is 72.5 Å². The lowest BCUT2D eigenvalue weighted by Gasteiger charge is -2.49. The highest BCUT2D eigenvalue weighted by Crippen LogP contribution is 2.34. The van der Waals surface area contributed by atoms with E-state index in [4.69, 9.17) is 4.84 Å². The van der Waals surface area contributed by atoms with Crippen molar-refractivity contribution in [1.82, 2.24) is 19.8 Å². The Morgan fingerprint density at radius 3 is 2.21 bits per heavy atom. The van der Waals surface area contributed by atoms with Gasteiger partial charge in [-0.1, -0.05) is 33.2 Å². The zero-order valence-electron chi connectivity index (χ0n) is 23.6. The average Bonchev–Trinajstić information content (AvgIpc) is 2.90. The number of oxime groups is 1. The van der Waals surface area contributed by atoms with E-state index >= 15 is 0 Å². The molecule has 9 nitrogen and oxygen atoms in total. The van der Waals surface area contributed by atoms with Gasteiger partial charge in [-0.25, -0.2) is 9.97 Å². The molecule has 2 fully saturated rings. The second kappa shape index (κ2) is 12.6. The lowest BCUT2D eigenvalue weighted by Crippen LogP contribution is -2.56. The van der Waals surface area contributed by atoms with Crippen LogP contribution in [0.3, 0.4) is 0 Å². The molecule has 1 aromatic heterocycles.